The third-order valence-electron chi connectivity index (χ3n) is 3.13. The minimum atomic E-state index is -0.183. The minimum Gasteiger partial charge on any atom is -0.376 e. The summed E-state index contributed by atoms with van der Waals surface area (Å²) in [4.78, 5) is 16.1. The summed E-state index contributed by atoms with van der Waals surface area (Å²) in [6, 6.07) is 14.7. The largest absolute Gasteiger partial charge is 0.376 e. The molecular formula is C16H14ClN5O. The molecule has 116 valence electrons. The monoisotopic (exact) mass is 327 g/mol. The van der Waals surface area contributed by atoms with Crippen LogP contribution in [0.25, 0.3) is 5.69 Å². The summed E-state index contributed by atoms with van der Waals surface area (Å²) in [5, 5.41) is 10.5. The molecule has 0 fully saturated rings. The van der Waals surface area contributed by atoms with E-state index < -0.39 is 0 Å². The Kier molecular flexibility index (Phi) is 4.54. The Bertz CT molecular complexity index is 789. The summed E-state index contributed by atoms with van der Waals surface area (Å²) in [7, 11) is 0. The number of benzene rings is 2. The predicted molar refractivity (Wildman–Crippen MR) is 89.9 cm³/mol. The van der Waals surface area contributed by atoms with Crippen molar-refractivity contribution in [2.75, 3.05) is 17.2 Å². The van der Waals surface area contributed by atoms with Crippen LogP contribution in [0, 0.1) is 0 Å². The molecule has 1 heterocycles. The van der Waals surface area contributed by atoms with Crippen molar-refractivity contribution in [2.24, 2.45) is 0 Å². The Morgan fingerprint density at radius 1 is 1.17 bits per heavy atom. The fraction of sp³-hybridized carbons (Fsp3) is 0.0625. The standard InChI is InChI=1S/C16H14ClN5O/c17-12-6-7-15(22-11-18-10-20-22)14(8-12)21-16(23)9-19-13-4-2-1-3-5-13/h1-8,10-11,19H,9H2,(H,21,23). The predicted octanol–water partition coefficient (Wildman–Crippen LogP) is 2.97. The van der Waals surface area contributed by atoms with E-state index in [0.717, 1.165) is 5.69 Å². The number of aromatic nitrogens is 3. The van der Waals surface area contributed by atoms with Gasteiger partial charge in [-0.25, -0.2) is 9.67 Å². The van der Waals surface area contributed by atoms with Gasteiger partial charge in [0.25, 0.3) is 0 Å². The molecule has 0 saturated heterocycles. The quantitative estimate of drug-likeness (QED) is 0.755. The first-order valence-corrected chi connectivity index (χ1v) is 7.33. The van der Waals surface area contributed by atoms with E-state index in [2.05, 4.69) is 20.7 Å². The van der Waals surface area contributed by atoms with Gasteiger partial charge in [0.05, 0.1) is 17.9 Å². The molecule has 1 amide bonds. The third-order valence-corrected chi connectivity index (χ3v) is 3.36. The van der Waals surface area contributed by atoms with Crippen molar-refractivity contribution in [3.8, 4) is 5.69 Å². The van der Waals surface area contributed by atoms with Crippen LogP contribution in [-0.4, -0.2) is 27.2 Å². The molecule has 1 aromatic heterocycles. The number of nitrogens with one attached hydrogen (secondary N) is 2. The highest BCUT2D eigenvalue weighted by Gasteiger charge is 2.10. The first kappa shape index (κ1) is 15.1. The summed E-state index contributed by atoms with van der Waals surface area (Å²) in [6.07, 6.45) is 2.98. The number of halogens is 1. The number of carbonyl (C=O) groups is 1. The molecule has 0 aliphatic heterocycles. The van der Waals surface area contributed by atoms with Gasteiger partial charge < -0.3 is 10.6 Å². The second kappa shape index (κ2) is 6.93. The number of para-hydroxylation sites is 1. The lowest BCUT2D eigenvalue weighted by Gasteiger charge is -2.12. The van der Waals surface area contributed by atoms with Gasteiger partial charge >= 0.3 is 0 Å². The zero-order chi connectivity index (χ0) is 16.1. The Labute approximate surface area is 138 Å². The van der Waals surface area contributed by atoms with Gasteiger partial charge in [-0.05, 0) is 30.3 Å². The number of rotatable bonds is 5. The molecule has 0 aliphatic rings. The van der Waals surface area contributed by atoms with Crippen LogP contribution in [0.15, 0.2) is 61.2 Å². The number of hydrogen-bond donors (Lipinski definition) is 2. The SMILES string of the molecule is O=C(CNc1ccccc1)Nc1cc(Cl)ccc1-n1cncn1. The number of hydrogen-bond acceptors (Lipinski definition) is 4. The maximum Gasteiger partial charge on any atom is 0.243 e. The highest BCUT2D eigenvalue weighted by atomic mass is 35.5. The number of carbonyl (C=O) groups excluding carboxylic acids is 1. The van der Waals surface area contributed by atoms with E-state index in [-0.39, 0.29) is 12.5 Å². The molecule has 0 bridgehead atoms. The van der Waals surface area contributed by atoms with E-state index in [1.807, 2.05) is 30.3 Å². The van der Waals surface area contributed by atoms with Crippen LogP contribution >= 0.6 is 11.6 Å². The molecule has 0 saturated carbocycles. The van der Waals surface area contributed by atoms with Gasteiger partial charge in [-0.1, -0.05) is 29.8 Å². The van der Waals surface area contributed by atoms with Crippen LogP contribution in [0.4, 0.5) is 11.4 Å². The van der Waals surface area contributed by atoms with E-state index in [0.29, 0.717) is 16.4 Å². The molecule has 23 heavy (non-hydrogen) atoms. The molecule has 0 aliphatic carbocycles. The summed E-state index contributed by atoms with van der Waals surface area (Å²) in [5.74, 6) is -0.183. The molecule has 0 spiro atoms. The van der Waals surface area contributed by atoms with E-state index in [1.54, 1.807) is 29.2 Å². The summed E-state index contributed by atoms with van der Waals surface area (Å²) in [6.45, 7) is 0.146. The van der Waals surface area contributed by atoms with E-state index in [1.165, 1.54) is 6.33 Å². The van der Waals surface area contributed by atoms with E-state index in [9.17, 15) is 4.79 Å². The number of nitrogens with zero attached hydrogens (tertiary/aromatic N) is 3. The summed E-state index contributed by atoms with van der Waals surface area (Å²) < 4.78 is 1.57. The smallest absolute Gasteiger partial charge is 0.243 e. The topological polar surface area (TPSA) is 71.8 Å². The molecule has 0 unspecified atom stereocenters. The Morgan fingerprint density at radius 3 is 2.74 bits per heavy atom. The second-order valence-electron chi connectivity index (χ2n) is 4.77. The van der Waals surface area contributed by atoms with Gasteiger partial charge in [0.1, 0.15) is 12.7 Å². The lowest BCUT2D eigenvalue weighted by molar-refractivity contribution is -0.114. The maximum absolute atomic E-state index is 12.2. The first-order valence-electron chi connectivity index (χ1n) is 6.96. The second-order valence-corrected chi connectivity index (χ2v) is 5.21. The zero-order valence-corrected chi connectivity index (χ0v) is 12.9. The van der Waals surface area contributed by atoms with Crippen molar-refractivity contribution >= 4 is 28.9 Å². The molecular weight excluding hydrogens is 314 g/mol. The molecule has 0 atom stereocenters. The normalized spacial score (nSPS) is 10.3. The van der Waals surface area contributed by atoms with Crippen molar-refractivity contribution < 1.29 is 4.79 Å². The van der Waals surface area contributed by atoms with Crippen molar-refractivity contribution in [1.29, 1.82) is 0 Å². The van der Waals surface area contributed by atoms with Gasteiger partial charge in [-0.2, -0.15) is 5.10 Å². The number of amides is 1. The number of anilines is 2. The molecule has 0 radical (unpaired) electrons. The lowest BCUT2D eigenvalue weighted by atomic mass is 10.2. The van der Waals surface area contributed by atoms with Crippen molar-refractivity contribution in [1.82, 2.24) is 14.8 Å². The zero-order valence-electron chi connectivity index (χ0n) is 12.1. The summed E-state index contributed by atoms with van der Waals surface area (Å²) >= 11 is 6.02. The lowest BCUT2D eigenvalue weighted by Crippen LogP contribution is -2.22. The van der Waals surface area contributed by atoms with Crippen LogP contribution in [0.2, 0.25) is 5.02 Å². The first-order chi connectivity index (χ1) is 11.2. The van der Waals surface area contributed by atoms with Crippen LogP contribution in [0.5, 0.6) is 0 Å². The summed E-state index contributed by atoms with van der Waals surface area (Å²) in [5.41, 5.74) is 2.15. The van der Waals surface area contributed by atoms with Gasteiger partial charge in [-0.15, -0.1) is 0 Å². The maximum atomic E-state index is 12.2. The van der Waals surface area contributed by atoms with Crippen LogP contribution < -0.4 is 10.6 Å². The van der Waals surface area contributed by atoms with E-state index in [4.69, 9.17) is 11.6 Å². The molecule has 2 aromatic carbocycles. The third kappa shape index (κ3) is 3.87. The fourth-order valence-corrected chi connectivity index (χ4v) is 2.25. The van der Waals surface area contributed by atoms with E-state index >= 15 is 0 Å². The fourth-order valence-electron chi connectivity index (χ4n) is 2.07. The molecule has 6 nitrogen and oxygen atoms in total. The van der Waals surface area contributed by atoms with Crippen molar-refractivity contribution in [2.45, 2.75) is 0 Å². The minimum absolute atomic E-state index is 0.146. The van der Waals surface area contributed by atoms with Gasteiger partial charge in [0, 0.05) is 10.7 Å². The Morgan fingerprint density at radius 2 is 2.00 bits per heavy atom. The van der Waals surface area contributed by atoms with Gasteiger partial charge in [-0.3, -0.25) is 4.79 Å². The van der Waals surface area contributed by atoms with Crippen molar-refractivity contribution in [3.05, 3.63) is 66.2 Å². The van der Waals surface area contributed by atoms with Crippen LogP contribution in [-0.2, 0) is 4.79 Å². The molecule has 2 N–H and O–H groups in total. The molecule has 3 aromatic rings. The average Bonchev–Trinajstić information content (AvgIpc) is 3.08. The molecule has 3 rings (SSSR count). The highest BCUT2D eigenvalue weighted by Crippen LogP contribution is 2.23. The highest BCUT2D eigenvalue weighted by molar-refractivity contribution is 6.31. The van der Waals surface area contributed by atoms with Gasteiger partial charge in [0.2, 0.25) is 5.91 Å². The van der Waals surface area contributed by atoms with Crippen molar-refractivity contribution in [3.63, 3.8) is 0 Å². The Hall–Kier alpha value is -2.86. The van der Waals surface area contributed by atoms with Gasteiger partial charge in [0.15, 0.2) is 0 Å². The average molecular weight is 328 g/mol. The van der Waals surface area contributed by atoms with Crippen LogP contribution in [0.1, 0.15) is 0 Å². The Balaban J connectivity index is 1.72. The molecule has 7 heteroatoms. The van der Waals surface area contributed by atoms with Crippen LogP contribution in [0.3, 0.4) is 0 Å².